The molecule has 7 heteroatoms. The molecule has 6 nitrogen and oxygen atoms in total. The van der Waals surface area contributed by atoms with Crippen LogP contribution in [-0.2, 0) is 11.4 Å². The highest BCUT2D eigenvalue weighted by atomic mass is 35.5. The van der Waals surface area contributed by atoms with E-state index in [0.717, 1.165) is 5.56 Å². The summed E-state index contributed by atoms with van der Waals surface area (Å²) >= 11 is 5.83. The molecule has 2 aromatic carbocycles. The number of carbonyl (C=O) groups is 1. The molecule has 0 aliphatic rings. The first-order chi connectivity index (χ1) is 13.6. The van der Waals surface area contributed by atoms with Crippen molar-refractivity contribution in [1.82, 2.24) is 4.98 Å². The van der Waals surface area contributed by atoms with Crippen molar-refractivity contribution in [2.45, 2.75) is 6.61 Å². The van der Waals surface area contributed by atoms with Crippen molar-refractivity contribution in [3.05, 3.63) is 77.6 Å². The van der Waals surface area contributed by atoms with Gasteiger partial charge >= 0.3 is 0 Å². The molecule has 0 aliphatic carbocycles. The van der Waals surface area contributed by atoms with Gasteiger partial charge in [-0.2, -0.15) is 0 Å². The summed E-state index contributed by atoms with van der Waals surface area (Å²) < 4.78 is 16.6. The van der Waals surface area contributed by atoms with Gasteiger partial charge in [-0.15, -0.1) is 0 Å². The van der Waals surface area contributed by atoms with Crippen LogP contribution in [0, 0.1) is 0 Å². The number of nitrogens with one attached hydrogen (secondary N) is 1. The smallest absolute Gasteiger partial charge is 0.262 e. The lowest BCUT2D eigenvalue weighted by Crippen LogP contribution is -2.20. The van der Waals surface area contributed by atoms with Crippen LogP contribution in [0.3, 0.4) is 0 Å². The molecule has 0 saturated heterocycles. The minimum Gasteiger partial charge on any atom is -0.493 e. The van der Waals surface area contributed by atoms with Crippen LogP contribution in [0.5, 0.6) is 17.2 Å². The van der Waals surface area contributed by atoms with Crippen LogP contribution in [0.15, 0.2) is 67.0 Å². The molecule has 0 atom stereocenters. The highest BCUT2D eigenvalue weighted by Crippen LogP contribution is 2.31. The van der Waals surface area contributed by atoms with Crippen molar-refractivity contribution < 1.29 is 19.0 Å². The number of halogens is 1. The van der Waals surface area contributed by atoms with E-state index < -0.39 is 0 Å². The Morgan fingerprint density at radius 1 is 1.00 bits per heavy atom. The van der Waals surface area contributed by atoms with Crippen molar-refractivity contribution in [1.29, 1.82) is 0 Å². The number of hydrogen-bond donors (Lipinski definition) is 1. The largest absolute Gasteiger partial charge is 0.493 e. The summed E-state index contributed by atoms with van der Waals surface area (Å²) in [5, 5.41) is 3.38. The van der Waals surface area contributed by atoms with E-state index in [0.29, 0.717) is 34.6 Å². The molecule has 1 heterocycles. The minimum absolute atomic E-state index is 0.124. The van der Waals surface area contributed by atoms with E-state index in [4.69, 9.17) is 25.8 Å². The summed E-state index contributed by atoms with van der Waals surface area (Å²) in [6, 6.07) is 15.7. The molecule has 0 radical (unpaired) electrons. The number of pyridine rings is 1. The van der Waals surface area contributed by atoms with Gasteiger partial charge in [0.25, 0.3) is 5.91 Å². The zero-order chi connectivity index (χ0) is 19.8. The summed E-state index contributed by atoms with van der Waals surface area (Å²) in [5.74, 6) is 1.37. The van der Waals surface area contributed by atoms with Crippen LogP contribution in [0.1, 0.15) is 5.56 Å². The Bertz CT molecular complexity index is 917. The molecule has 1 N–H and O–H groups in total. The Labute approximate surface area is 168 Å². The number of ether oxygens (including phenoxy) is 3. The fraction of sp³-hybridized carbons (Fsp3) is 0.143. The predicted octanol–water partition coefficient (Wildman–Crippen LogP) is 4.34. The SMILES string of the molecule is COc1ccc(NC(=O)COc2ccc(Cl)cc2)cc1OCc1ccncc1. The predicted molar refractivity (Wildman–Crippen MR) is 107 cm³/mol. The Morgan fingerprint density at radius 2 is 1.75 bits per heavy atom. The maximum absolute atomic E-state index is 12.2. The number of aromatic nitrogens is 1. The zero-order valence-electron chi connectivity index (χ0n) is 15.2. The summed E-state index contributed by atoms with van der Waals surface area (Å²) in [6.07, 6.45) is 3.40. The highest BCUT2D eigenvalue weighted by molar-refractivity contribution is 6.30. The average molecular weight is 399 g/mol. The van der Waals surface area contributed by atoms with Gasteiger partial charge in [0, 0.05) is 29.2 Å². The number of methoxy groups -OCH3 is 1. The van der Waals surface area contributed by atoms with Gasteiger partial charge in [-0.3, -0.25) is 9.78 Å². The second-order valence-electron chi connectivity index (χ2n) is 5.80. The molecule has 0 spiro atoms. The van der Waals surface area contributed by atoms with Crippen molar-refractivity contribution >= 4 is 23.2 Å². The molecule has 0 unspecified atom stereocenters. The lowest BCUT2D eigenvalue weighted by atomic mass is 10.2. The van der Waals surface area contributed by atoms with E-state index in [1.807, 2.05) is 12.1 Å². The highest BCUT2D eigenvalue weighted by Gasteiger charge is 2.09. The van der Waals surface area contributed by atoms with Gasteiger partial charge in [0.1, 0.15) is 12.4 Å². The molecule has 0 aliphatic heterocycles. The molecule has 0 saturated carbocycles. The summed E-state index contributed by atoms with van der Waals surface area (Å²) in [6.45, 7) is 0.233. The summed E-state index contributed by atoms with van der Waals surface area (Å²) in [4.78, 5) is 16.1. The number of hydrogen-bond acceptors (Lipinski definition) is 5. The molecular formula is C21H19ClN2O4. The number of benzene rings is 2. The first kappa shape index (κ1) is 19.5. The van der Waals surface area contributed by atoms with Gasteiger partial charge in [0.05, 0.1) is 7.11 Å². The molecule has 144 valence electrons. The molecule has 0 fully saturated rings. The van der Waals surface area contributed by atoms with Gasteiger partial charge < -0.3 is 19.5 Å². The fourth-order valence-electron chi connectivity index (χ4n) is 2.38. The second kappa shape index (κ2) is 9.62. The minimum atomic E-state index is -0.291. The maximum atomic E-state index is 12.2. The van der Waals surface area contributed by atoms with Crippen molar-refractivity contribution in [2.24, 2.45) is 0 Å². The zero-order valence-corrected chi connectivity index (χ0v) is 16.0. The molecule has 1 amide bonds. The molecule has 1 aromatic heterocycles. The van der Waals surface area contributed by atoms with E-state index in [2.05, 4.69) is 10.3 Å². The lowest BCUT2D eigenvalue weighted by Gasteiger charge is -2.13. The van der Waals surface area contributed by atoms with Crippen LogP contribution in [0.2, 0.25) is 5.02 Å². The Balaban J connectivity index is 1.60. The fourth-order valence-corrected chi connectivity index (χ4v) is 2.51. The van der Waals surface area contributed by atoms with Gasteiger partial charge in [0.15, 0.2) is 18.1 Å². The molecule has 28 heavy (non-hydrogen) atoms. The van der Waals surface area contributed by atoms with E-state index >= 15 is 0 Å². The lowest BCUT2D eigenvalue weighted by molar-refractivity contribution is -0.118. The molecule has 3 aromatic rings. The van der Waals surface area contributed by atoms with Gasteiger partial charge in [-0.05, 0) is 54.1 Å². The normalized spacial score (nSPS) is 10.2. The molecule has 0 bridgehead atoms. The topological polar surface area (TPSA) is 69.7 Å². The molecule has 3 rings (SSSR count). The van der Waals surface area contributed by atoms with E-state index in [-0.39, 0.29) is 12.5 Å². The van der Waals surface area contributed by atoms with Crippen LogP contribution in [0.4, 0.5) is 5.69 Å². The van der Waals surface area contributed by atoms with Crippen molar-refractivity contribution in [3.8, 4) is 17.2 Å². The Kier molecular flexibility index (Phi) is 6.70. The standard InChI is InChI=1S/C21H19ClN2O4/c1-26-19-7-4-17(12-20(19)28-13-15-8-10-23-11-9-15)24-21(25)14-27-18-5-2-16(22)3-6-18/h2-12H,13-14H2,1H3,(H,24,25). The van der Waals surface area contributed by atoms with E-state index in [1.54, 1.807) is 62.0 Å². The van der Waals surface area contributed by atoms with Gasteiger partial charge in [-0.25, -0.2) is 0 Å². The first-order valence-corrected chi connectivity index (χ1v) is 8.90. The second-order valence-corrected chi connectivity index (χ2v) is 6.24. The van der Waals surface area contributed by atoms with E-state index in [1.165, 1.54) is 0 Å². The van der Waals surface area contributed by atoms with Crippen LogP contribution >= 0.6 is 11.6 Å². The Hall–Kier alpha value is -3.25. The number of nitrogens with zero attached hydrogens (tertiary/aromatic N) is 1. The number of amides is 1. The monoisotopic (exact) mass is 398 g/mol. The third kappa shape index (κ3) is 5.62. The van der Waals surface area contributed by atoms with E-state index in [9.17, 15) is 4.79 Å². The molecular weight excluding hydrogens is 380 g/mol. The quantitative estimate of drug-likeness (QED) is 0.611. The number of carbonyl (C=O) groups excluding carboxylic acids is 1. The maximum Gasteiger partial charge on any atom is 0.262 e. The first-order valence-electron chi connectivity index (χ1n) is 8.52. The van der Waals surface area contributed by atoms with Crippen LogP contribution < -0.4 is 19.5 Å². The summed E-state index contributed by atoms with van der Waals surface area (Å²) in [7, 11) is 1.56. The van der Waals surface area contributed by atoms with Crippen LogP contribution in [-0.4, -0.2) is 24.6 Å². The third-order valence-corrected chi connectivity index (χ3v) is 4.03. The van der Waals surface area contributed by atoms with Crippen LogP contribution in [0.25, 0.3) is 0 Å². The van der Waals surface area contributed by atoms with Gasteiger partial charge in [0.2, 0.25) is 0 Å². The van der Waals surface area contributed by atoms with Crippen molar-refractivity contribution in [3.63, 3.8) is 0 Å². The van der Waals surface area contributed by atoms with Gasteiger partial charge in [-0.1, -0.05) is 11.6 Å². The average Bonchev–Trinajstić information content (AvgIpc) is 2.73. The number of anilines is 1. The third-order valence-electron chi connectivity index (χ3n) is 3.77. The van der Waals surface area contributed by atoms with Crippen molar-refractivity contribution in [2.75, 3.05) is 19.0 Å². The summed E-state index contributed by atoms with van der Waals surface area (Å²) in [5.41, 5.74) is 1.55. The number of rotatable bonds is 8. The Morgan fingerprint density at radius 3 is 2.46 bits per heavy atom.